The molecular weight excluding hydrogens is 296 g/mol. The monoisotopic (exact) mass is 310 g/mol. The van der Waals surface area contributed by atoms with Crippen LogP contribution in [-0.2, 0) is 10.0 Å². The molecule has 0 saturated carbocycles. The van der Waals surface area contributed by atoms with Crippen LogP contribution in [0.2, 0.25) is 0 Å². The van der Waals surface area contributed by atoms with E-state index in [0.717, 1.165) is 5.56 Å². The van der Waals surface area contributed by atoms with E-state index in [4.69, 9.17) is 0 Å². The van der Waals surface area contributed by atoms with E-state index in [0.29, 0.717) is 22.2 Å². The Morgan fingerprint density at radius 3 is 2.27 bits per heavy atom. The van der Waals surface area contributed by atoms with Crippen molar-refractivity contribution in [1.82, 2.24) is 3.97 Å². The number of hydrogen-bond acceptors (Lipinski definition) is 3. The van der Waals surface area contributed by atoms with Crippen molar-refractivity contribution >= 4 is 20.9 Å². The fourth-order valence-corrected chi connectivity index (χ4v) is 4.17. The highest BCUT2D eigenvalue weighted by Crippen LogP contribution is 2.29. The molecule has 0 bridgehead atoms. The predicted molar refractivity (Wildman–Crippen MR) is 85.2 cm³/mol. The van der Waals surface area contributed by atoms with Crippen LogP contribution >= 0.6 is 0 Å². The summed E-state index contributed by atoms with van der Waals surface area (Å²) in [6, 6.07) is 15.9. The van der Waals surface area contributed by atoms with E-state index >= 15 is 0 Å². The van der Waals surface area contributed by atoms with Gasteiger partial charge in [0.2, 0.25) is 0 Å². The lowest BCUT2D eigenvalue weighted by molar-refractivity contribution is 0.588. The minimum atomic E-state index is -3.74. The number of aromatic nitrogens is 1. The summed E-state index contributed by atoms with van der Waals surface area (Å²) in [5.74, 6) is 0. The topological polar surface area (TPSA) is 62.9 Å². The predicted octanol–water partition coefficient (Wildman–Crippen LogP) is 3.37. The summed E-state index contributed by atoms with van der Waals surface area (Å²) in [5.41, 5.74) is 2.35. The molecule has 0 aliphatic rings. The van der Waals surface area contributed by atoms with E-state index < -0.39 is 10.0 Å². The van der Waals surface area contributed by atoms with Gasteiger partial charge in [-0.1, -0.05) is 35.9 Å². The Kier molecular flexibility index (Phi) is 3.27. The van der Waals surface area contributed by atoms with Gasteiger partial charge in [0.1, 0.15) is 6.07 Å². The van der Waals surface area contributed by atoms with Crippen molar-refractivity contribution in [2.24, 2.45) is 0 Å². The molecule has 0 aliphatic heterocycles. The first-order chi connectivity index (χ1) is 10.5. The molecule has 0 amide bonds. The molecule has 3 rings (SSSR count). The second kappa shape index (κ2) is 5.00. The van der Waals surface area contributed by atoms with E-state index in [-0.39, 0.29) is 4.90 Å². The summed E-state index contributed by atoms with van der Waals surface area (Å²) in [6.07, 6.45) is 0. The number of hydrogen-bond donors (Lipinski definition) is 0. The number of fused-ring (bicyclic) bond motifs is 1. The van der Waals surface area contributed by atoms with Gasteiger partial charge in [-0.3, -0.25) is 0 Å². The third-order valence-corrected chi connectivity index (χ3v) is 5.55. The lowest BCUT2D eigenvalue weighted by Gasteiger charge is -2.10. The maximum absolute atomic E-state index is 13.0. The maximum Gasteiger partial charge on any atom is 0.268 e. The van der Waals surface area contributed by atoms with Crippen molar-refractivity contribution in [2.45, 2.75) is 18.7 Å². The molecule has 0 unspecified atom stereocenters. The molecule has 0 radical (unpaired) electrons. The van der Waals surface area contributed by atoms with Gasteiger partial charge in [-0.05, 0) is 32.0 Å². The number of nitriles is 1. The Balaban J connectivity index is 2.37. The van der Waals surface area contributed by atoms with Crippen molar-refractivity contribution in [1.29, 1.82) is 5.26 Å². The highest BCUT2D eigenvalue weighted by molar-refractivity contribution is 7.90. The number of rotatable bonds is 2. The molecule has 0 atom stereocenters. The number of benzene rings is 2. The first-order valence-electron chi connectivity index (χ1n) is 6.79. The van der Waals surface area contributed by atoms with Gasteiger partial charge in [0.15, 0.2) is 0 Å². The summed E-state index contributed by atoms with van der Waals surface area (Å²) in [6.45, 7) is 3.56. The van der Waals surface area contributed by atoms with E-state index in [1.807, 2.05) is 6.92 Å². The Bertz CT molecular complexity index is 1010. The van der Waals surface area contributed by atoms with Crippen molar-refractivity contribution in [2.75, 3.05) is 0 Å². The minimum absolute atomic E-state index is 0.214. The van der Waals surface area contributed by atoms with Gasteiger partial charge in [-0.25, -0.2) is 12.4 Å². The van der Waals surface area contributed by atoms with Crippen LogP contribution in [0.15, 0.2) is 53.4 Å². The van der Waals surface area contributed by atoms with Crippen LogP contribution in [0.4, 0.5) is 0 Å². The molecule has 0 saturated heterocycles. The van der Waals surface area contributed by atoms with Crippen molar-refractivity contribution < 1.29 is 8.42 Å². The SMILES string of the molecule is Cc1ccc(S(=O)(=O)n2c(C)c(C#N)c3ccccc32)cc1. The first kappa shape index (κ1) is 14.4. The molecule has 0 N–H and O–H groups in total. The average molecular weight is 310 g/mol. The van der Waals surface area contributed by atoms with Gasteiger partial charge in [0.25, 0.3) is 10.0 Å². The molecule has 1 heterocycles. The smallest absolute Gasteiger partial charge is 0.237 e. The summed E-state index contributed by atoms with van der Waals surface area (Å²) < 4.78 is 27.2. The molecule has 4 nitrogen and oxygen atoms in total. The van der Waals surface area contributed by atoms with Crippen LogP contribution < -0.4 is 0 Å². The number of nitrogens with zero attached hydrogens (tertiary/aromatic N) is 2. The number of aryl methyl sites for hydroxylation is 1. The van der Waals surface area contributed by atoms with Crippen molar-refractivity contribution in [3.05, 3.63) is 65.4 Å². The Labute approximate surface area is 129 Å². The molecule has 1 aromatic heterocycles. The third kappa shape index (κ3) is 2.00. The van der Waals surface area contributed by atoms with Crippen LogP contribution in [0.3, 0.4) is 0 Å². The highest BCUT2D eigenvalue weighted by atomic mass is 32.2. The zero-order chi connectivity index (χ0) is 15.9. The van der Waals surface area contributed by atoms with Gasteiger partial charge in [-0.2, -0.15) is 5.26 Å². The Morgan fingerprint density at radius 1 is 1.00 bits per heavy atom. The minimum Gasteiger partial charge on any atom is -0.237 e. The zero-order valence-electron chi connectivity index (χ0n) is 12.2. The molecular formula is C17H14N2O2S. The molecule has 110 valence electrons. The number of para-hydroxylation sites is 1. The second-order valence-corrected chi connectivity index (χ2v) is 6.96. The van der Waals surface area contributed by atoms with E-state index in [1.54, 1.807) is 55.5 Å². The van der Waals surface area contributed by atoms with Crippen molar-refractivity contribution in [3.8, 4) is 6.07 Å². The maximum atomic E-state index is 13.0. The Hall–Kier alpha value is -2.58. The molecule has 5 heteroatoms. The first-order valence-corrected chi connectivity index (χ1v) is 8.23. The molecule has 22 heavy (non-hydrogen) atoms. The van der Waals surface area contributed by atoms with Crippen molar-refractivity contribution in [3.63, 3.8) is 0 Å². The average Bonchev–Trinajstić information content (AvgIpc) is 2.79. The van der Waals surface area contributed by atoms with Gasteiger partial charge in [-0.15, -0.1) is 0 Å². The summed E-state index contributed by atoms with van der Waals surface area (Å²) in [7, 11) is -3.74. The largest absolute Gasteiger partial charge is 0.268 e. The van der Waals surface area contributed by atoms with E-state index in [9.17, 15) is 13.7 Å². The van der Waals surface area contributed by atoms with Gasteiger partial charge in [0.05, 0.1) is 21.7 Å². The van der Waals surface area contributed by atoms with E-state index in [2.05, 4.69) is 6.07 Å². The van der Waals surface area contributed by atoms with Crippen LogP contribution in [0.5, 0.6) is 0 Å². The molecule has 2 aromatic carbocycles. The summed E-state index contributed by atoms with van der Waals surface area (Å²) in [4.78, 5) is 0.214. The molecule has 0 fully saturated rings. The zero-order valence-corrected chi connectivity index (χ0v) is 13.1. The third-order valence-electron chi connectivity index (χ3n) is 3.73. The highest BCUT2D eigenvalue weighted by Gasteiger charge is 2.24. The van der Waals surface area contributed by atoms with Crippen LogP contribution in [0.1, 0.15) is 16.8 Å². The quantitative estimate of drug-likeness (QED) is 0.729. The fraction of sp³-hybridized carbons (Fsp3) is 0.118. The summed E-state index contributed by atoms with van der Waals surface area (Å²) in [5, 5.41) is 10.00. The second-order valence-electron chi connectivity index (χ2n) is 5.17. The Morgan fingerprint density at radius 2 is 1.64 bits per heavy atom. The molecule has 0 spiro atoms. The van der Waals surface area contributed by atoms with E-state index in [1.165, 1.54) is 3.97 Å². The molecule has 3 aromatic rings. The lowest BCUT2D eigenvalue weighted by Crippen LogP contribution is -2.14. The standard InChI is InChI=1S/C17H14N2O2S/c1-12-7-9-14(10-8-12)22(20,21)19-13(2)16(11-18)15-5-3-4-6-17(15)19/h3-10H,1-2H3. The lowest BCUT2D eigenvalue weighted by atomic mass is 10.1. The van der Waals surface area contributed by atoms with Crippen LogP contribution in [0, 0.1) is 25.2 Å². The van der Waals surface area contributed by atoms with Crippen LogP contribution in [-0.4, -0.2) is 12.4 Å². The van der Waals surface area contributed by atoms with Gasteiger partial charge in [0, 0.05) is 5.39 Å². The fourth-order valence-electron chi connectivity index (χ4n) is 2.61. The summed E-state index contributed by atoms with van der Waals surface area (Å²) >= 11 is 0. The van der Waals surface area contributed by atoms with Gasteiger partial charge >= 0.3 is 0 Å². The molecule has 0 aliphatic carbocycles. The van der Waals surface area contributed by atoms with Gasteiger partial charge < -0.3 is 0 Å². The van der Waals surface area contributed by atoms with Crippen LogP contribution in [0.25, 0.3) is 10.9 Å². The normalized spacial score (nSPS) is 11.5.